The molecule has 2 N–H and O–H groups in total. The third-order valence-electron chi connectivity index (χ3n) is 4.35. The predicted molar refractivity (Wildman–Crippen MR) is 71.0 cm³/mol. The van der Waals surface area contributed by atoms with Gasteiger partial charge in [-0.15, -0.1) is 0 Å². The van der Waals surface area contributed by atoms with Gasteiger partial charge in [0, 0.05) is 5.54 Å². The van der Waals surface area contributed by atoms with Crippen molar-refractivity contribution < 1.29 is 9.13 Å². The van der Waals surface area contributed by atoms with Crippen LogP contribution in [0.25, 0.3) is 0 Å². The Morgan fingerprint density at radius 3 is 2.67 bits per heavy atom. The van der Waals surface area contributed by atoms with Gasteiger partial charge in [0.05, 0.1) is 7.11 Å². The van der Waals surface area contributed by atoms with Crippen LogP contribution in [0.2, 0.25) is 0 Å². The second kappa shape index (κ2) is 4.88. The number of rotatable bonds is 2. The predicted octanol–water partition coefficient (Wildman–Crippen LogP) is 3.44. The Morgan fingerprint density at radius 1 is 1.33 bits per heavy atom. The molecular formula is C15H22FNO. The molecule has 2 nitrogen and oxygen atoms in total. The van der Waals surface area contributed by atoms with Crippen LogP contribution >= 0.6 is 0 Å². The molecule has 0 amide bonds. The summed E-state index contributed by atoms with van der Waals surface area (Å²) in [5.41, 5.74) is 7.04. The van der Waals surface area contributed by atoms with Gasteiger partial charge >= 0.3 is 0 Å². The number of hydrogen-bond acceptors (Lipinski definition) is 2. The first-order valence-electron chi connectivity index (χ1n) is 6.60. The van der Waals surface area contributed by atoms with Gasteiger partial charge < -0.3 is 10.5 Å². The van der Waals surface area contributed by atoms with Crippen molar-refractivity contribution in [3.8, 4) is 5.75 Å². The molecule has 1 saturated carbocycles. The van der Waals surface area contributed by atoms with Gasteiger partial charge in [-0.3, -0.25) is 0 Å². The lowest BCUT2D eigenvalue weighted by Gasteiger charge is -2.42. The van der Waals surface area contributed by atoms with Gasteiger partial charge in [-0.2, -0.15) is 0 Å². The van der Waals surface area contributed by atoms with E-state index in [0.29, 0.717) is 11.8 Å². The molecule has 1 aliphatic rings. The van der Waals surface area contributed by atoms with E-state index in [2.05, 4.69) is 13.8 Å². The third kappa shape index (κ3) is 2.24. The molecule has 1 aromatic rings. The molecule has 18 heavy (non-hydrogen) atoms. The molecule has 0 bridgehead atoms. The Morgan fingerprint density at radius 2 is 2.06 bits per heavy atom. The van der Waals surface area contributed by atoms with E-state index >= 15 is 0 Å². The SMILES string of the molecule is COc1ccc(C2(N)CC(C)CCC2C)cc1F. The zero-order chi connectivity index (χ0) is 13.3. The van der Waals surface area contributed by atoms with E-state index in [1.165, 1.54) is 19.6 Å². The van der Waals surface area contributed by atoms with Gasteiger partial charge in [0.15, 0.2) is 11.6 Å². The fraction of sp³-hybridized carbons (Fsp3) is 0.600. The summed E-state index contributed by atoms with van der Waals surface area (Å²) in [5.74, 6) is 0.918. The zero-order valence-electron chi connectivity index (χ0n) is 11.4. The average molecular weight is 251 g/mol. The molecule has 100 valence electrons. The number of halogens is 1. The topological polar surface area (TPSA) is 35.2 Å². The lowest BCUT2D eigenvalue weighted by Crippen LogP contribution is -2.47. The lowest BCUT2D eigenvalue weighted by molar-refractivity contribution is 0.161. The van der Waals surface area contributed by atoms with Crippen LogP contribution in [-0.4, -0.2) is 7.11 Å². The minimum atomic E-state index is -0.412. The highest BCUT2D eigenvalue weighted by atomic mass is 19.1. The standard InChI is InChI=1S/C15H22FNO/c1-10-4-5-11(2)15(17,9-10)12-6-7-14(18-3)13(16)8-12/h6-8,10-11H,4-5,9,17H2,1-3H3. The fourth-order valence-electron chi connectivity index (χ4n) is 3.03. The van der Waals surface area contributed by atoms with Crippen molar-refractivity contribution in [3.05, 3.63) is 29.6 Å². The van der Waals surface area contributed by atoms with Crippen LogP contribution in [0.4, 0.5) is 4.39 Å². The smallest absolute Gasteiger partial charge is 0.165 e. The Hall–Kier alpha value is -1.09. The Kier molecular flexibility index (Phi) is 3.62. The first-order chi connectivity index (χ1) is 8.47. The molecule has 3 atom stereocenters. The highest BCUT2D eigenvalue weighted by Gasteiger charge is 2.38. The number of hydrogen-bond donors (Lipinski definition) is 1. The maximum Gasteiger partial charge on any atom is 0.165 e. The van der Waals surface area contributed by atoms with Crippen LogP contribution in [0.1, 0.15) is 38.7 Å². The van der Waals surface area contributed by atoms with E-state index in [-0.39, 0.29) is 11.6 Å². The quantitative estimate of drug-likeness (QED) is 0.873. The summed E-state index contributed by atoms with van der Waals surface area (Å²) < 4.78 is 18.8. The number of benzene rings is 1. The summed E-state index contributed by atoms with van der Waals surface area (Å²) >= 11 is 0. The molecule has 0 spiro atoms. The van der Waals surface area contributed by atoms with Gasteiger partial charge in [0.1, 0.15) is 0 Å². The maximum absolute atomic E-state index is 13.8. The minimum Gasteiger partial charge on any atom is -0.494 e. The van der Waals surface area contributed by atoms with Crippen molar-refractivity contribution in [2.24, 2.45) is 17.6 Å². The minimum absolute atomic E-state index is 0.277. The molecule has 1 fully saturated rings. The Labute approximate surface area is 108 Å². The van der Waals surface area contributed by atoms with Gasteiger partial charge in [-0.25, -0.2) is 4.39 Å². The summed E-state index contributed by atoms with van der Waals surface area (Å²) in [6.45, 7) is 4.38. The normalized spacial score (nSPS) is 32.3. The largest absolute Gasteiger partial charge is 0.494 e. The van der Waals surface area contributed by atoms with Gasteiger partial charge in [-0.1, -0.05) is 26.3 Å². The van der Waals surface area contributed by atoms with E-state index in [0.717, 1.165) is 18.4 Å². The van der Waals surface area contributed by atoms with E-state index < -0.39 is 5.54 Å². The second-order valence-corrected chi connectivity index (χ2v) is 5.68. The Balaban J connectivity index is 2.36. The van der Waals surface area contributed by atoms with Gasteiger partial charge in [0.25, 0.3) is 0 Å². The summed E-state index contributed by atoms with van der Waals surface area (Å²) in [6.07, 6.45) is 3.23. The second-order valence-electron chi connectivity index (χ2n) is 5.68. The molecule has 0 radical (unpaired) electrons. The van der Waals surface area contributed by atoms with Gasteiger partial charge in [0.2, 0.25) is 0 Å². The van der Waals surface area contributed by atoms with Crippen molar-refractivity contribution in [2.75, 3.05) is 7.11 Å². The van der Waals surface area contributed by atoms with E-state index in [9.17, 15) is 4.39 Å². The molecule has 1 aromatic carbocycles. The van der Waals surface area contributed by atoms with Crippen LogP contribution in [0.3, 0.4) is 0 Å². The summed E-state index contributed by atoms with van der Waals surface area (Å²) in [6, 6.07) is 5.11. The molecule has 2 rings (SSSR count). The number of methoxy groups -OCH3 is 1. The summed E-state index contributed by atoms with van der Waals surface area (Å²) in [4.78, 5) is 0. The monoisotopic (exact) mass is 251 g/mol. The zero-order valence-corrected chi connectivity index (χ0v) is 11.4. The third-order valence-corrected chi connectivity index (χ3v) is 4.35. The summed E-state index contributed by atoms with van der Waals surface area (Å²) in [7, 11) is 1.47. The maximum atomic E-state index is 13.8. The number of nitrogens with two attached hydrogens (primary N) is 1. The van der Waals surface area contributed by atoms with Crippen LogP contribution in [0.15, 0.2) is 18.2 Å². The van der Waals surface area contributed by atoms with E-state index in [4.69, 9.17) is 10.5 Å². The van der Waals surface area contributed by atoms with Crippen LogP contribution in [-0.2, 0) is 5.54 Å². The lowest BCUT2D eigenvalue weighted by atomic mass is 9.67. The first-order valence-corrected chi connectivity index (χ1v) is 6.60. The molecule has 3 heteroatoms. The highest BCUT2D eigenvalue weighted by molar-refractivity contribution is 5.34. The van der Waals surface area contributed by atoms with Crippen molar-refractivity contribution in [3.63, 3.8) is 0 Å². The first kappa shape index (κ1) is 13.3. The van der Waals surface area contributed by atoms with E-state index in [1.807, 2.05) is 6.07 Å². The van der Waals surface area contributed by atoms with Gasteiger partial charge in [-0.05, 0) is 42.4 Å². The molecular weight excluding hydrogens is 229 g/mol. The molecule has 1 aliphatic carbocycles. The van der Waals surface area contributed by atoms with Crippen LogP contribution < -0.4 is 10.5 Å². The fourth-order valence-corrected chi connectivity index (χ4v) is 3.03. The average Bonchev–Trinajstić information content (AvgIpc) is 2.34. The van der Waals surface area contributed by atoms with Crippen LogP contribution in [0, 0.1) is 17.7 Å². The summed E-state index contributed by atoms with van der Waals surface area (Å²) in [5, 5.41) is 0. The highest BCUT2D eigenvalue weighted by Crippen LogP contribution is 2.42. The molecule has 0 aromatic heterocycles. The molecule has 0 aliphatic heterocycles. The van der Waals surface area contributed by atoms with Crippen LogP contribution in [0.5, 0.6) is 5.75 Å². The Bertz CT molecular complexity index is 435. The molecule has 0 heterocycles. The van der Waals surface area contributed by atoms with E-state index in [1.54, 1.807) is 6.07 Å². The van der Waals surface area contributed by atoms with Crippen molar-refractivity contribution in [1.82, 2.24) is 0 Å². The molecule has 0 saturated heterocycles. The van der Waals surface area contributed by atoms with Crippen molar-refractivity contribution in [1.29, 1.82) is 0 Å². The van der Waals surface area contributed by atoms with Crippen molar-refractivity contribution in [2.45, 2.75) is 38.6 Å². The molecule has 3 unspecified atom stereocenters. The van der Waals surface area contributed by atoms with Crippen molar-refractivity contribution >= 4 is 0 Å². The number of ether oxygens (including phenoxy) is 1.